The molecule has 0 bridgehead atoms. The molecule has 1 aromatic rings. The first-order valence-electron chi connectivity index (χ1n) is 7.41. The number of likely N-dealkylation sites (N-methyl/N-ethyl adjacent to an activating group) is 1. The van der Waals surface area contributed by atoms with E-state index in [9.17, 15) is 0 Å². The Balaban J connectivity index is 2.12. The fourth-order valence-electron chi connectivity index (χ4n) is 2.82. The maximum atomic E-state index is 6.03. The lowest BCUT2D eigenvalue weighted by Crippen LogP contribution is -2.36. The summed E-state index contributed by atoms with van der Waals surface area (Å²) in [5, 5.41) is 0. The van der Waals surface area contributed by atoms with E-state index < -0.39 is 0 Å². The van der Waals surface area contributed by atoms with Crippen LogP contribution >= 0.6 is 15.9 Å². The van der Waals surface area contributed by atoms with Crippen molar-refractivity contribution >= 4 is 21.6 Å². The van der Waals surface area contributed by atoms with Crippen molar-refractivity contribution in [1.82, 2.24) is 0 Å². The molecule has 0 aromatic heterocycles. The van der Waals surface area contributed by atoms with E-state index in [1.807, 2.05) is 0 Å². The predicted molar refractivity (Wildman–Crippen MR) is 88.3 cm³/mol. The second kappa shape index (κ2) is 6.92. The molecular formula is C16H25BrN2O. The minimum Gasteiger partial charge on any atom is -0.376 e. The van der Waals surface area contributed by atoms with Crippen LogP contribution in [0.2, 0.25) is 0 Å². The van der Waals surface area contributed by atoms with Gasteiger partial charge in [-0.3, -0.25) is 0 Å². The number of rotatable bonds is 5. The molecule has 0 spiro atoms. The van der Waals surface area contributed by atoms with Gasteiger partial charge in [-0.2, -0.15) is 0 Å². The molecule has 3 nitrogen and oxygen atoms in total. The molecule has 2 N–H and O–H groups in total. The fraction of sp³-hybridized carbons (Fsp3) is 0.625. The lowest BCUT2D eigenvalue weighted by atomic mass is 10.0. The standard InChI is InChI=1S/C16H25BrN2O/c1-4-13(18)9-12-5-6-16(14(17)10-12)19(3)15-7-8-20-11(15)2/h5-6,10-11,13,15H,4,7-9,18H2,1-3H3. The van der Waals surface area contributed by atoms with Gasteiger partial charge in [-0.25, -0.2) is 0 Å². The summed E-state index contributed by atoms with van der Waals surface area (Å²) in [6, 6.07) is 7.27. The van der Waals surface area contributed by atoms with Gasteiger partial charge in [0.2, 0.25) is 0 Å². The average molecular weight is 341 g/mol. The van der Waals surface area contributed by atoms with E-state index in [0.717, 1.165) is 30.3 Å². The second-order valence-corrected chi connectivity index (χ2v) is 6.56. The first-order chi connectivity index (χ1) is 9.52. The molecule has 0 radical (unpaired) electrons. The van der Waals surface area contributed by atoms with E-state index in [1.54, 1.807) is 0 Å². The van der Waals surface area contributed by atoms with Gasteiger partial charge in [0, 0.05) is 24.2 Å². The summed E-state index contributed by atoms with van der Waals surface area (Å²) in [6.07, 6.45) is 3.32. The van der Waals surface area contributed by atoms with Gasteiger partial charge < -0.3 is 15.4 Å². The third-order valence-electron chi connectivity index (χ3n) is 4.25. The van der Waals surface area contributed by atoms with Crippen molar-refractivity contribution < 1.29 is 4.74 Å². The molecule has 3 atom stereocenters. The first-order valence-corrected chi connectivity index (χ1v) is 8.20. The van der Waals surface area contributed by atoms with Crippen LogP contribution < -0.4 is 10.6 Å². The van der Waals surface area contributed by atoms with E-state index in [-0.39, 0.29) is 6.04 Å². The molecule has 1 saturated heterocycles. The van der Waals surface area contributed by atoms with Crippen molar-refractivity contribution in [3.05, 3.63) is 28.2 Å². The quantitative estimate of drug-likeness (QED) is 0.893. The Hall–Kier alpha value is -0.580. The highest BCUT2D eigenvalue weighted by molar-refractivity contribution is 9.10. The van der Waals surface area contributed by atoms with Crippen molar-refractivity contribution in [2.24, 2.45) is 5.73 Å². The van der Waals surface area contributed by atoms with Gasteiger partial charge in [0.15, 0.2) is 0 Å². The number of nitrogens with zero attached hydrogens (tertiary/aromatic N) is 1. The summed E-state index contributed by atoms with van der Waals surface area (Å²) in [7, 11) is 2.15. The van der Waals surface area contributed by atoms with Crippen molar-refractivity contribution in [3.63, 3.8) is 0 Å². The average Bonchev–Trinajstić information content (AvgIpc) is 2.84. The van der Waals surface area contributed by atoms with Crippen LogP contribution in [0.5, 0.6) is 0 Å². The van der Waals surface area contributed by atoms with E-state index in [4.69, 9.17) is 10.5 Å². The van der Waals surface area contributed by atoms with Gasteiger partial charge in [-0.05, 0) is 59.8 Å². The van der Waals surface area contributed by atoms with Crippen LogP contribution in [-0.2, 0) is 11.2 Å². The lowest BCUT2D eigenvalue weighted by molar-refractivity contribution is 0.118. The van der Waals surface area contributed by atoms with Gasteiger partial charge in [0.1, 0.15) is 0 Å². The molecular weight excluding hydrogens is 316 g/mol. The third-order valence-corrected chi connectivity index (χ3v) is 4.88. The number of hydrogen-bond donors (Lipinski definition) is 1. The topological polar surface area (TPSA) is 38.5 Å². The number of hydrogen-bond acceptors (Lipinski definition) is 3. The maximum Gasteiger partial charge on any atom is 0.0750 e. The smallest absolute Gasteiger partial charge is 0.0750 e. The van der Waals surface area contributed by atoms with E-state index in [1.165, 1.54) is 11.3 Å². The maximum absolute atomic E-state index is 6.03. The van der Waals surface area contributed by atoms with Crippen molar-refractivity contribution in [1.29, 1.82) is 0 Å². The van der Waals surface area contributed by atoms with Crippen LogP contribution in [0.1, 0.15) is 32.3 Å². The molecule has 0 amide bonds. The highest BCUT2D eigenvalue weighted by Gasteiger charge is 2.28. The van der Waals surface area contributed by atoms with Crippen LogP contribution in [0.15, 0.2) is 22.7 Å². The minimum atomic E-state index is 0.244. The molecule has 1 heterocycles. The van der Waals surface area contributed by atoms with Crippen LogP contribution in [-0.4, -0.2) is 31.8 Å². The summed E-state index contributed by atoms with van der Waals surface area (Å²) < 4.78 is 6.80. The van der Waals surface area contributed by atoms with Gasteiger partial charge in [0.25, 0.3) is 0 Å². The van der Waals surface area contributed by atoms with Crippen LogP contribution in [0, 0.1) is 0 Å². The molecule has 0 saturated carbocycles. The van der Waals surface area contributed by atoms with Crippen molar-refractivity contribution in [2.45, 2.75) is 51.3 Å². The molecule has 1 aromatic carbocycles. The normalized spacial score (nSPS) is 23.9. The van der Waals surface area contributed by atoms with Crippen LogP contribution in [0.4, 0.5) is 5.69 Å². The zero-order valence-electron chi connectivity index (χ0n) is 12.6. The Kier molecular flexibility index (Phi) is 5.47. The van der Waals surface area contributed by atoms with Gasteiger partial charge in [0.05, 0.1) is 17.8 Å². The second-order valence-electron chi connectivity index (χ2n) is 5.70. The number of nitrogens with two attached hydrogens (primary N) is 1. The largest absolute Gasteiger partial charge is 0.376 e. The Morgan fingerprint density at radius 2 is 2.25 bits per heavy atom. The van der Waals surface area contributed by atoms with Gasteiger partial charge in [-0.15, -0.1) is 0 Å². The highest BCUT2D eigenvalue weighted by atomic mass is 79.9. The highest BCUT2D eigenvalue weighted by Crippen LogP contribution is 2.31. The summed E-state index contributed by atoms with van der Waals surface area (Å²) in [4.78, 5) is 2.32. The molecule has 2 rings (SSSR count). The van der Waals surface area contributed by atoms with Crippen LogP contribution in [0.25, 0.3) is 0 Å². The zero-order chi connectivity index (χ0) is 14.7. The molecule has 4 heteroatoms. The van der Waals surface area contributed by atoms with Crippen LogP contribution in [0.3, 0.4) is 0 Å². The third kappa shape index (κ3) is 3.54. The number of ether oxygens (including phenoxy) is 1. The number of benzene rings is 1. The first kappa shape index (κ1) is 15.8. The number of halogens is 1. The molecule has 3 unspecified atom stereocenters. The van der Waals surface area contributed by atoms with E-state index >= 15 is 0 Å². The van der Waals surface area contributed by atoms with Gasteiger partial charge >= 0.3 is 0 Å². The van der Waals surface area contributed by atoms with Crippen molar-refractivity contribution in [2.75, 3.05) is 18.6 Å². The molecule has 1 fully saturated rings. The number of anilines is 1. The lowest BCUT2D eigenvalue weighted by Gasteiger charge is -2.30. The predicted octanol–water partition coefficient (Wildman–Crippen LogP) is 3.34. The summed E-state index contributed by atoms with van der Waals surface area (Å²) in [6.45, 7) is 5.14. The Bertz CT molecular complexity index is 452. The SMILES string of the molecule is CCC(N)Cc1ccc(N(C)C2CCOC2C)c(Br)c1. The van der Waals surface area contributed by atoms with Gasteiger partial charge in [-0.1, -0.05) is 13.0 Å². The molecule has 1 aliphatic rings. The van der Waals surface area contributed by atoms with Crippen molar-refractivity contribution in [3.8, 4) is 0 Å². The molecule has 112 valence electrons. The van der Waals surface area contributed by atoms with E-state index in [2.05, 4.69) is 59.9 Å². The zero-order valence-corrected chi connectivity index (χ0v) is 14.2. The minimum absolute atomic E-state index is 0.244. The molecule has 0 aliphatic carbocycles. The summed E-state index contributed by atoms with van der Waals surface area (Å²) in [5.74, 6) is 0. The molecule has 1 aliphatic heterocycles. The fourth-order valence-corrected chi connectivity index (χ4v) is 3.52. The summed E-state index contributed by atoms with van der Waals surface area (Å²) >= 11 is 3.70. The molecule has 20 heavy (non-hydrogen) atoms. The summed E-state index contributed by atoms with van der Waals surface area (Å²) in [5.41, 5.74) is 8.54. The Labute approximate surface area is 130 Å². The van der Waals surface area contributed by atoms with E-state index in [0.29, 0.717) is 12.1 Å². The monoisotopic (exact) mass is 340 g/mol. The Morgan fingerprint density at radius 3 is 2.80 bits per heavy atom. The Morgan fingerprint density at radius 1 is 1.50 bits per heavy atom.